The number of amides is 3. The fourth-order valence-electron chi connectivity index (χ4n) is 2.55. The molecule has 0 unspecified atom stereocenters. The highest BCUT2D eigenvalue weighted by Gasteiger charge is 2.39. The molecule has 102 valence electrons. The summed E-state index contributed by atoms with van der Waals surface area (Å²) in [5.41, 5.74) is 2.74. The number of imide groups is 1. The van der Waals surface area contributed by atoms with E-state index in [4.69, 9.17) is 0 Å². The highest BCUT2D eigenvalue weighted by Crippen LogP contribution is 2.29. The largest absolute Gasteiger partial charge is 0.329 e. The number of nitrogens with zero attached hydrogens (tertiary/aromatic N) is 1. The molecule has 1 aromatic rings. The zero-order chi connectivity index (χ0) is 14.0. The van der Waals surface area contributed by atoms with Gasteiger partial charge in [0, 0.05) is 0 Å². The monoisotopic (exact) mass is 260 g/mol. The molecule has 4 heteroatoms. The third kappa shape index (κ3) is 2.35. The molecule has 2 rings (SSSR count). The van der Waals surface area contributed by atoms with E-state index >= 15 is 0 Å². The SMILES string of the molecule is CCC[C@H]1NC(=O)N(c2c(C)cccc2CC)C1=O. The van der Waals surface area contributed by atoms with Crippen LogP contribution in [-0.2, 0) is 11.2 Å². The number of nitrogens with one attached hydrogen (secondary N) is 1. The molecule has 0 spiro atoms. The molecule has 0 aromatic heterocycles. The standard InChI is InChI=1S/C15H20N2O2/c1-4-7-12-14(18)17(15(19)16-12)13-10(3)8-6-9-11(13)5-2/h6,8-9,12H,4-5,7H2,1-3H3,(H,16,19)/t12-/m1/s1. The number of aryl methyl sites for hydroxylation is 2. The zero-order valence-electron chi connectivity index (χ0n) is 11.7. The van der Waals surface area contributed by atoms with Crippen molar-refractivity contribution in [2.24, 2.45) is 0 Å². The molecule has 1 heterocycles. The Balaban J connectivity index is 2.42. The lowest BCUT2D eigenvalue weighted by atomic mass is 10.0. The predicted octanol–water partition coefficient (Wildman–Crippen LogP) is 2.78. The summed E-state index contributed by atoms with van der Waals surface area (Å²) in [7, 11) is 0. The van der Waals surface area contributed by atoms with Crippen molar-refractivity contribution in [2.45, 2.75) is 46.1 Å². The molecule has 1 atom stereocenters. The molecule has 19 heavy (non-hydrogen) atoms. The van der Waals surface area contributed by atoms with Crippen LogP contribution in [0, 0.1) is 6.92 Å². The van der Waals surface area contributed by atoms with Crippen LogP contribution in [0.15, 0.2) is 18.2 Å². The molecule has 0 bridgehead atoms. The maximum Gasteiger partial charge on any atom is 0.329 e. The van der Waals surface area contributed by atoms with Gasteiger partial charge in [-0.05, 0) is 30.9 Å². The summed E-state index contributed by atoms with van der Waals surface area (Å²) in [5, 5.41) is 2.77. The summed E-state index contributed by atoms with van der Waals surface area (Å²) in [6, 6.07) is 5.19. The molecule has 4 nitrogen and oxygen atoms in total. The molecule has 1 saturated heterocycles. The maximum absolute atomic E-state index is 12.4. The number of carbonyl (C=O) groups excluding carboxylic acids is 2. The van der Waals surface area contributed by atoms with E-state index in [1.807, 2.05) is 39.0 Å². The fourth-order valence-corrected chi connectivity index (χ4v) is 2.55. The van der Waals surface area contributed by atoms with Crippen LogP contribution in [0.25, 0.3) is 0 Å². The Morgan fingerprint density at radius 3 is 2.63 bits per heavy atom. The Morgan fingerprint density at radius 1 is 1.26 bits per heavy atom. The van der Waals surface area contributed by atoms with Crippen molar-refractivity contribution < 1.29 is 9.59 Å². The summed E-state index contributed by atoms with van der Waals surface area (Å²) < 4.78 is 0. The minimum Gasteiger partial charge on any atom is -0.325 e. The van der Waals surface area contributed by atoms with Gasteiger partial charge in [-0.15, -0.1) is 0 Å². The van der Waals surface area contributed by atoms with E-state index in [1.54, 1.807) is 0 Å². The molecular weight excluding hydrogens is 240 g/mol. The second kappa shape index (κ2) is 5.43. The zero-order valence-corrected chi connectivity index (χ0v) is 11.7. The average Bonchev–Trinajstić information content (AvgIpc) is 2.65. The van der Waals surface area contributed by atoms with Gasteiger partial charge in [-0.1, -0.05) is 38.5 Å². The third-order valence-corrected chi connectivity index (χ3v) is 3.52. The molecule has 0 saturated carbocycles. The highest BCUT2D eigenvalue weighted by molar-refractivity contribution is 6.22. The lowest BCUT2D eigenvalue weighted by Gasteiger charge is -2.19. The lowest BCUT2D eigenvalue weighted by molar-refractivity contribution is -0.118. The van der Waals surface area contributed by atoms with E-state index in [2.05, 4.69) is 5.32 Å². The quantitative estimate of drug-likeness (QED) is 0.846. The van der Waals surface area contributed by atoms with Crippen molar-refractivity contribution in [3.8, 4) is 0 Å². The number of para-hydroxylation sites is 1. The summed E-state index contributed by atoms with van der Waals surface area (Å²) in [4.78, 5) is 25.8. The number of hydrogen-bond donors (Lipinski definition) is 1. The summed E-state index contributed by atoms with van der Waals surface area (Å²) in [5.74, 6) is -0.129. The maximum atomic E-state index is 12.4. The van der Waals surface area contributed by atoms with Crippen LogP contribution in [0.2, 0.25) is 0 Å². The topological polar surface area (TPSA) is 49.4 Å². The molecule has 0 radical (unpaired) electrons. The summed E-state index contributed by atoms with van der Waals surface area (Å²) in [6.07, 6.45) is 2.36. The van der Waals surface area contributed by atoms with Crippen molar-refractivity contribution in [3.63, 3.8) is 0 Å². The Labute approximate surface area is 113 Å². The van der Waals surface area contributed by atoms with Crippen molar-refractivity contribution in [1.82, 2.24) is 5.32 Å². The first-order chi connectivity index (χ1) is 9.10. The molecule has 3 amide bonds. The van der Waals surface area contributed by atoms with Gasteiger partial charge in [0.15, 0.2) is 0 Å². The van der Waals surface area contributed by atoms with Crippen molar-refractivity contribution in [3.05, 3.63) is 29.3 Å². The minimum absolute atomic E-state index is 0.129. The van der Waals surface area contributed by atoms with Crippen molar-refractivity contribution in [2.75, 3.05) is 4.90 Å². The molecule has 0 aliphatic carbocycles. The van der Waals surface area contributed by atoms with Gasteiger partial charge in [0.05, 0.1) is 5.69 Å². The van der Waals surface area contributed by atoms with E-state index < -0.39 is 0 Å². The van der Waals surface area contributed by atoms with E-state index in [9.17, 15) is 9.59 Å². The number of urea groups is 1. The average molecular weight is 260 g/mol. The minimum atomic E-state index is -0.373. The first-order valence-corrected chi connectivity index (χ1v) is 6.83. The Hall–Kier alpha value is -1.84. The number of benzene rings is 1. The van der Waals surface area contributed by atoms with Crippen LogP contribution in [-0.4, -0.2) is 18.0 Å². The van der Waals surface area contributed by atoms with E-state index in [-0.39, 0.29) is 18.0 Å². The van der Waals surface area contributed by atoms with Gasteiger partial charge in [-0.25, -0.2) is 9.69 Å². The Morgan fingerprint density at radius 2 is 2.00 bits per heavy atom. The van der Waals surface area contributed by atoms with Gasteiger partial charge >= 0.3 is 6.03 Å². The van der Waals surface area contributed by atoms with Crippen LogP contribution in [0.3, 0.4) is 0 Å². The smallest absolute Gasteiger partial charge is 0.325 e. The normalized spacial score (nSPS) is 18.9. The second-order valence-corrected chi connectivity index (χ2v) is 4.90. The Bertz CT molecular complexity index is 511. The predicted molar refractivity (Wildman–Crippen MR) is 75.3 cm³/mol. The molecule has 1 aliphatic heterocycles. The van der Waals surface area contributed by atoms with E-state index in [0.717, 1.165) is 29.7 Å². The van der Waals surface area contributed by atoms with E-state index in [1.165, 1.54) is 4.90 Å². The summed E-state index contributed by atoms with van der Waals surface area (Å²) >= 11 is 0. The number of rotatable bonds is 4. The van der Waals surface area contributed by atoms with Crippen LogP contribution < -0.4 is 10.2 Å². The van der Waals surface area contributed by atoms with Crippen molar-refractivity contribution >= 4 is 17.6 Å². The number of carbonyl (C=O) groups is 2. The number of hydrogen-bond acceptors (Lipinski definition) is 2. The van der Waals surface area contributed by atoms with Crippen molar-refractivity contribution in [1.29, 1.82) is 0 Å². The molecule has 1 fully saturated rings. The summed E-state index contributed by atoms with van der Waals surface area (Å²) in [6.45, 7) is 5.97. The first kappa shape index (κ1) is 13.6. The lowest BCUT2D eigenvalue weighted by Crippen LogP contribution is -2.32. The first-order valence-electron chi connectivity index (χ1n) is 6.83. The van der Waals surface area contributed by atoms with Crippen LogP contribution in [0.4, 0.5) is 10.5 Å². The van der Waals surface area contributed by atoms with Crippen LogP contribution in [0.5, 0.6) is 0 Å². The van der Waals surface area contributed by atoms with Crippen LogP contribution >= 0.6 is 0 Å². The fraction of sp³-hybridized carbons (Fsp3) is 0.467. The molecule has 1 N–H and O–H groups in total. The van der Waals surface area contributed by atoms with Crippen LogP contribution in [0.1, 0.15) is 37.8 Å². The molecule has 1 aliphatic rings. The Kier molecular flexibility index (Phi) is 3.88. The molecule has 1 aromatic carbocycles. The number of anilines is 1. The second-order valence-electron chi connectivity index (χ2n) is 4.90. The van der Waals surface area contributed by atoms with E-state index in [0.29, 0.717) is 6.42 Å². The van der Waals surface area contributed by atoms with Gasteiger partial charge in [0.25, 0.3) is 5.91 Å². The highest BCUT2D eigenvalue weighted by atomic mass is 16.2. The van der Waals surface area contributed by atoms with Gasteiger partial charge in [0.2, 0.25) is 0 Å². The van der Waals surface area contributed by atoms with Gasteiger partial charge < -0.3 is 5.32 Å². The molecular formula is C15H20N2O2. The van der Waals surface area contributed by atoms with Gasteiger partial charge in [-0.2, -0.15) is 0 Å². The third-order valence-electron chi connectivity index (χ3n) is 3.52. The van der Waals surface area contributed by atoms with Gasteiger partial charge in [-0.3, -0.25) is 4.79 Å². The van der Waals surface area contributed by atoms with Gasteiger partial charge in [0.1, 0.15) is 6.04 Å².